The number of para-hydroxylation sites is 2. The average molecular weight is 252 g/mol. The van der Waals surface area contributed by atoms with Gasteiger partial charge in [0, 0.05) is 0 Å². The maximum absolute atomic E-state index is 12.2. The van der Waals surface area contributed by atoms with E-state index in [1.807, 2.05) is 38.1 Å². The summed E-state index contributed by atoms with van der Waals surface area (Å²) in [5.41, 5.74) is 6.12. The Hall–Kier alpha value is -2.29. The standard InChI is InChI=1S/C16H16N2O/c1-10-8-11(2)15(12(3)9-10)18-14-7-5-4-6-13(14)17-16(18)19/h4-9H,1-3H3,(H,17,19). The molecule has 19 heavy (non-hydrogen) atoms. The number of fused-ring (bicyclic) bond motifs is 1. The Bertz CT molecular complexity index is 801. The zero-order valence-corrected chi connectivity index (χ0v) is 11.3. The summed E-state index contributed by atoms with van der Waals surface area (Å²) < 4.78 is 1.76. The first kappa shape index (κ1) is 11.8. The van der Waals surface area contributed by atoms with Crippen molar-refractivity contribution in [3.05, 3.63) is 63.6 Å². The van der Waals surface area contributed by atoms with Gasteiger partial charge in [0.15, 0.2) is 0 Å². The minimum atomic E-state index is -0.0868. The van der Waals surface area contributed by atoms with Crippen molar-refractivity contribution in [1.29, 1.82) is 0 Å². The molecule has 0 aliphatic carbocycles. The third-order valence-electron chi connectivity index (χ3n) is 3.45. The van der Waals surface area contributed by atoms with Crippen LogP contribution < -0.4 is 5.69 Å². The van der Waals surface area contributed by atoms with Gasteiger partial charge in [-0.2, -0.15) is 0 Å². The second kappa shape index (κ2) is 4.12. The quantitative estimate of drug-likeness (QED) is 0.709. The fourth-order valence-electron chi connectivity index (χ4n) is 2.80. The van der Waals surface area contributed by atoms with Crippen LogP contribution >= 0.6 is 0 Å². The summed E-state index contributed by atoms with van der Waals surface area (Å²) >= 11 is 0. The summed E-state index contributed by atoms with van der Waals surface area (Å²) in [5, 5.41) is 0. The van der Waals surface area contributed by atoms with E-state index in [1.54, 1.807) is 4.57 Å². The first-order valence-corrected chi connectivity index (χ1v) is 6.36. The highest BCUT2D eigenvalue weighted by Gasteiger charge is 2.12. The van der Waals surface area contributed by atoms with E-state index in [4.69, 9.17) is 0 Å². The molecule has 0 spiro atoms. The number of aromatic nitrogens is 2. The van der Waals surface area contributed by atoms with Crippen molar-refractivity contribution >= 4 is 11.0 Å². The van der Waals surface area contributed by atoms with Crippen LogP contribution in [0.15, 0.2) is 41.2 Å². The molecule has 0 saturated heterocycles. The number of nitrogens with one attached hydrogen (secondary N) is 1. The van der Waals surface area contributed by atoms with E-state index >= 15 is 0 Å². The van der Waals surface area contributed by atoms with Crippen LogP contribution in [0.4, 0.5) is 0 Å². The number of rotatable bonds is 1. The van der Waals surface area contributed by atoms with Crippen LogP contribution in [0, 0.1) is 20.8 Å². The molecule has 1 heterocycles. The molecule has 1 N–H and O–H groups in total. The molecule has 0 fully saturated rings. The molecule has 3 rings (SSSR count). The lowest BCUT2D eigenvalue weighted by atomic mass is 10.0. The highest BCUT2D eigenvalue weighted by Crippen LogP contribution is 2.23. The van der Waals surface area contributed by atoms with Gasteiger partial charge in [-0.25, -0.2) is 4.79 Å². The number of nitrogens with zero attached hydrogens (tertiary/aromatic N) is 1. The van der Waals surface area contributed by atoms with Crippen molar-refractivity contribution in [2.75, 3.05) is 0 Å². The molecule has 0 atom stereocenters. The minimum Gasteiger partial charge on any atom is -0.305 e. The number of imidazole rings is 1. The van der Waals surface area contributed by atoms with E-state index in [1.165, 1.54) is 5.56 Å². The van der Waals surface area contributed by atoms with Crippen LogP contribution in [0.25, 0.3) is 16.7 Å². The number of benzene rings is 2. The van der Waals surface area contributed by atoms with Crippen LogP contribution in [-0.2, 0) is 0 Å². The van der Waals surface area contributed by atoms with E-state index in [9.17, 15) is 4.79 Å². The first-order valence-electron chi connectivity index (χ1n) is 6.36. The normalized spacial score (nSPS) is 11.1. The summed E-state index contributed by atoms with van der Waals surface area (Å²) in [5.74, 6) is 0. The van der Waals surface area contributed by atoms with Crippen molar-refractivity contribution in [3.63, 3.8) is 0 Å². The zero-order chi connectivity index (χ0) is 13.6. The summed E-state index contributed by atoms with van der Waals surface area (Å²) in [6.45, 7) is 6.16. The Morgan fingerprint density at radius 1 is 1.00 bits per heavy atom. The monoisotopic (exact) mass is 252 g/mol. The first-order chi connectivity index (χ1) is 9.08. The maximum atomic E-state index is 12.2. The number of H-pyrrole nitrogens is 1. The van der Waals surface area contributed by atoms with Crippen molar-refractivity contribution in [2.45, 2.75) is 20.8 Å². The molecular weight excluding hydrogens is 236 g/mol. The van der Waals surface area contributed by atoms with Crippen molar-refractivity contribution < 1.29 is 0 Å². The van der Waals surface area contributed by atoms with Gasteiger partial charge in [0.05, 0.1) is 16.7 Å². The second-order valence-electron chi connectivity index (χ2n) is 5.03. The SMILES string of the molecule is Cc1cc(C)c(-n2c(=O)[nH]c3ccccc32)c(C)c1. The number of hydrogen-bond acceptors (Lipinski definition) is 1. The predicted molar refractivity (Wildman–Crippen MR) is 78.1 cm³/mol. The van der Waals surface area contributed by atoms with E-state index in [0.29, 0.717) is 0 Å². The summed E-state index contributed by atoms with van der Waals surface area (Å²) in [6, 6.07) is 12.0. The number of aromatic amines is 1. The predicted octanol–water partition coefficient (Wildman–Crippen LogP) is 3.24. The van der Waals surface area contributed by atoms with Crippen molar-refractivity contribution in [1.82, 2.24) is 9.55 Å². The molecule has 1 aromatic heterocycles. The fourth-order valence-corrected chi connectivity index (χ4v) is 2.80. The highest BCUT2D eigenvalue weighted by molar-refractivity contribution is 5.78. The molecule has 96 valence electrons. The Labute approximate surface area is 111 Å². The third-order valence-corrected chi connectivity index (χ3v) is 3.45. The lowest BCUT2D eigenvalue weighted by Gasteiger charge is -2.12. The van der Waals surface area contributed by atoms with Gasteiger partial charge in [0.25, 0.3) is 0 Å². The molecule has 0 amide bonds. The van der Waals surface area contributed by atoms with Gasteiger partial charge < -0.3 is 4.98 Å². The van der Waals surface area contributed by atoms with Crippen LogP contribution in [0.1, 0.15) is 16.7 Å². The van der Waals surface area contributed by atoms with Gasteiger partial charge in [-0.15, -0.1) is 0 Å². The molecule has 0 aliphatic rings. The minimum absolute atomic E-state index is 0.0868. The van der Waals surface area contributed by atoms with Gasteiger partial charge in [0.1, 0.15) is 0 Å². The Morgan fingerprint density at radius 3 is 2.32 bits per heavy atom. The molecule has 0 radical (unpaired) electrons. The molecule has 0 saturated carbocycles. The molecular formula is C16H16N2O. The number of hydrogen-bond donors (Lipinski definition) is 1. The van der Waals surface area contributed by atoms with Gasteiger partial charge >= 0.3 is 5.69 Å². The molecule has 3 aromatic rings. The Kier molecular flexibility index (Phi) is 2.56. The van der Waals surface area contributed by atoms with Gasteiger partial charge in [0.2, 0.25) is 0 Å². The van der Waals surface area contributed by atoms with E-state index in [2.05, 4.69) is 24.0 Å². The van der Waals surface area contributed by atoms with Crippen LogP contribution in [0.3, 0.4) is 0 Å². The molecule has 3 nitrogen and oxygen atoms in total. The molecule has 0 bridgehead atoms. The van der Waals surface area contributed by atoms with Crippen molar-refractivity contribution in [3.8, 4) is 5.69 Å². The smallest absolute Gasteiger partial charge is 0.305 e. The van der Waals surface area contributed by atoms with Crippen molar-refractivity contribution in [2.24, 2.45) is 0 Å². The summed E-state index contributed by atoms with van der Waals surface area (Å²) in [6.07, 6.45) is 0. The fraction of sp³-hybridized carbons (Fsp3) is 0.188. The topological polar surface area (TPSA) is 37.8 Å². The Balaban J connectivity index is 2.43. The summed E-state index contributed by atoms with van der Waals surface area (Å²) in [7, 11) is 0. The van der Waals surface area contributed by atoms with E-state index < -0.39 is 0 Å². The lowest BCUT2D eigenvalue weighted by molar-refractivity contribution is 0.988. The van der Waals surface area contributed by atoms with Crippen LogP contribution in [0.2, 0.25) is 0 Å². The Morgan fingerprint density at radius 2 is 1.63 bits per heavy atom. The van der Waals surface area contributed by atoms with E-state index in [0.717, 1.165) is 27.8 Å². The number of aryl methyl sites for hydroxylation is 3. The zero-order valence-electron chi connectivity index (χ0n) is 11.3. The van der Waals surface area contributed by atoms with Crippen LogP contribution in [0.5, 0.6) is 0 Å². The second-order valence-corrected chi connectivity index (χ2v) is 5.03. The highest BCUT2D eigenvalue weighted by atomic mass is 16.1. The maximum Gasteiger partial charge on any atom is 0.331 e. The van der Waals surface area contributed by atoms with Gasteiger partial charge in [-0.1, -0.05) is 29.8 Å². The van der Waals surface area contributed by atoms with E-state index in [-0.39, 0.29) is 5.69 Å². The van der Waals surface area contributed by atoms with Crippen LogP contribution in [-0.4, -0.2) is 9.55 Å². The molecule has 3 heteroatoms. The molecule has 0 aliphatic heterocycles. The molecule has 2 aromatic carbocycles. The summed E-state index contributed by atoms with van der Waals surface area (Å²) in [4.78, 5) is 15.1. The average Bonchev–Trinajstić information content (AvgIpc) is 2.65. The third kappa shape index (κ3) is 1.78. The van der Waals surface area contributed by atoms with Gasteiger partial charge in [-0.3, -0.25) is 4.57 Å². The largest absolute Gasteiger partial charge is 0.331 e. The lowest BCUT2D eigenvalue weighted by Crippen LogP contribution is -2.16. The van der Waals surface area contributed by atoms with Gasteiger partial charge in [-0.05, 0) is 44.0 Å². The molecule has 0 unspecified atom stereocenters.